The summed E-state index contributed by atoms with van der Waals surface area (Å²) in [6.07, 6.45) is -8.58. The van der Waals surface area contributed by atoms with Crippen LogP contribution in [0.25, 0.3) is 0 Å². The second-order valence-corrected chi connectivity index (χ2v) is 10.8. The number of hydrogen-bond acceptors (Lipinski definition) is 14. The number of aliphatic hydroxyl groups is 10. The fourth-order valence-corrected chi connectivity index (χ4v) is 3.67. The van der Waals surface area contributed by atoms with E-state index in [2.05, 4.69) is 0 Å². The molecule has 12 nitrogen and oxygen atoms in total. The molecule has 0 aliphatic rings. The third-order valence-electron chi connectivity index (χ3n) is 5.55. The van der Waals surface area contributed by atoms with Crippen molar-refractivity contribution in [2.45, 2.75) is 88.4 Å². The maximum Gasteiger partial charge on any atom is 2.00 e. The third-order valence-corrected chi connectivity index (χ3v) is 6.58. The number of aliphatic hydroxyl groups excluding tert-OH is 10. The first-order valence-electron chi connectivity index (χ1n) is 12.3. The van der Waals surface area contributed by atoms with Gasteiger partial charge in [0, 0.05) is 26.2 Å². The van der Waals surface area contributed by atoms with Gasteiger partial charge in [-0.1, -0.05) is 35.3 Å². The maximum atomic E-state index is 9.80. The Kier molecular flexibility index (Phi) is 28.6. The van der Waals surface area contributed by atoms with Gasteiger partial charge in [-0.2, -0.15) is 0 Å². The molecule has 0 bridgehead atoms. The van der Waals surface area contributed by atoms with Crippen molar-refractivity contribution in [3.63, 3.8) is 0 Å². The van der Waals surface area contributed by atoms with E-state index in [1.165, 1.54) is 0 Å². The normalized spacial score (nSPS) is 17.1. The van der Waals surface area contributed by atoms with E-state index in [9.17, 15) is 40.9 Å². The van der Waals surface area contributed by atoms with Crippen molar-refractivity contribution in [1.82, 2.24) is 9.80 Å². The average molecular weight is 737 g/mol. The Hall–Kier alpha value is 0.742. The first-order valence-corrected chi connectivity index (χ1v) is 13.9. The van der Waals surface area contributed by atoms with Crippen LogP contribution in [0.2, 0.25) is 0 Å². The van der Waals surface area contributed by atoms with Crippen molar-refractivity contribution in [2.24, 2.45) is 0 Å². The molecule has 0 heterocycles. The summed E-state index contributed by atoms with van der Waals surface area (Å²) in [6, 6.07) is 0. The van der Waals surface area contributed by atoms with Crippen LogP contribution in [0.15, 0.2) is 0 Å². The zero-order valence-corrected chi connectivity index (χ0v) is 29.7. The standard InChI is InChI=1S/2C11H23NO5S2.Cd/c2*1-2-3-4-12(11(18)19)5-7(14)9(16)10(17)8(15)6-13;/h2*7-10,13-17H,2-6H2,1H3,(H,18,19);/q;;+2/p-2. The van der Waals surface area contributed by atoms with E-state index in [-0.39, 0.29) is 49.0 Å². The number of unbranched alkanes of at least 4 members (excludes halogenated alkanes) is 2. The Labute approximate surface area is 272 Å². The molecular formula is C22H44CdN2O10S4. The molecule has 0 spiro atoms. The van der Waals surface area contributed by atoms with Gasteiger partial charge in [-0.15, -0.1) is 0 Å². The van der Waals surface area contributed by atoms with E-state index in [0.29, 0.717) is 13.1 Å². The van der Waals surface area contributed by atoms with Gasteiger partial charge in [0.1, 0.15) is 36.6 Å². The quantitative estimate of drug-likeness (QED) is 0.0380. The molecule has 17 heteroatoms. The zero-order valence-electron chi connectivity index (χ0n) is 22.4. The molecule has 0 aliphatic heterocycles. The van der Waals surface area contributed by atoms with Crippen molar-refractivity contribution in [2.75, 3.05) is 39.4 Å². The summed E-state index contributed by atoms with van der Waals surface area (Å²) < 4.78 is 0.355. The largest absolute Gasteiger partial charge is 2.00 e. The Morgan fingerprint density at radius 3 is 1.05 bits per heavy atom. The molecule has 0 saturated heterocycles. The number of thiocarbonyl (C=S) groups is 2. The SMILES string of the molecule is CCCCN(CC(O)C(O)C(O)C(O)CO)C(=S)[S-].CCCCN(CC(O)C(O)C(O)C(O)CO)C(=S)[S-].[Cd+2]. The summed E-state index contributed by atoms with van der Waals surface area (Å²) in [5.74, 6) is 0. The van der Waals surface area contributed by atoms with E-state index >= 15 is 0 Å². The first-order chi connectivity index (χ1) is 17.7. The second kappa shape index (κ2) is 25.3. The molecule has 8 atom stereocenters. The molecule has 0 aromatic rings. The van der Waals surface area contributed by atoms with Gasteiger partial charge in [-0.3, -0.25) is 0 Å². The van der Waals surface area contributed by atoms with Crippen LogP contribution in [0.3, 0.4) is 0 Å². The van der Waals surface area contributed by atoms with Crippen molar-refractivity contribution in [3.05, 3.63) is 0 Å². The van der Waals surface area contributed by atoms with Crippen LogP contribution in [0.1, 0.15) is 39.5 Å². The molecule has 0 aromatic carbocycles. The van der Waals surface area contributed by atoms with Gasteiger partial charge >= 0.3 is 27.3 Å². The van der Waals surface area contributed by atoms with E-state index in [1.807, 2.05) is 13.8 Å². The summed E-state index contributed by atoms with van der Waals surface area (Å²) >= 11 is 19.5. The molecule has 0 fully saturated rings. The van der Waals surface area contributed by atoms with Gasteiger partial charge in [0.15, 0.2) is 0 Å². The first kappa shape index (κ1) is 44.2. The second-order valence-electron chi connectivity index (χ2n) is 8.73. The van der Waals surface area contributed by atoms with Crippen molar-refractivity contribution < 1.29 is 78.4 Å². The predicted octanol–water partition coefficient (Wildman–Crippen LogP) is -3.29. The molecule has 39 heavy (non-hydrogen) atoms. The van der Waals surface area contributed by atoms with E-state index in [0.717, 1.165) is 25.7 Å². The zero-order chi connectivity index (χ0) is 30.0. The maximum absolute atomic E-state index is 9.80. The fourth-order valence-electron chi connectivity index (χ4n) is 3.01. The Balaban J connectivity index is -0.000000648. The summed E-state index contributed by atoms with van der Waals surface area (Å²) in [5.41, 5.74) is 0. The minimum absolute atomic E-state index is 0. The number of hydrogen-bond donors (Lipinski definition) is 10. The Morgan fingerprint density at radius 1 is 0.590 bits per heavy atom. The summed E-state index contributed by atoms with van der Waals surface area (Å²) in [5, 5.41) is 93.7. The predicted molar refractivity (Wildman–Crippen MR) is 155 cm³/mol. The Morgan fingerprint density at radius 2 is 0.846 bits per heavy atom. The van der Waals surface area contributed by atoms with Crippen molar-refractivity contribution >= 4 is 58.3 Å². The van der Waals surface area contributed by atoms with Crippen molar-refractivity contribution in [3.8, 4) is 0 Å². The van der Waals surface area contributed by atoms with Gasteiger partial charge in [0.25, 0.3) is 0 Å². The molecular weight excluding hydrogens is 693 g/mol. The number of nitrogens with zero attached hydrogens (tertiary/aromatic N) is 2. The van der Waals surface area contributed by atoms with Gasteiger partial charge in [-0.25, -0.2) is 0 Å². The van der Waals surface area contributed by atoms with Gasteiger partial charge < -0.3 is 111 Å². The van der Waals surface area contributed by atoms with Crippen LogP contribution in [0.4, 0.5) is 0 Å². The molecule has 0 aliphatic carbocycles. The minimum Gasteiger partial charge on any atom is -0.411 e. The molecule has 0 saturated carbocycles. The average Bonchev–Trinajstić information content (AvgIpc) is 2.90. The van der Waals surface area contributed by atoms with Crippen molar-refractivity contribution in [1.29, 1.82) is 0 Å². The Bertz CT molecular complexity index is 598. The van der Waals surface area contributed by atoms with Crippen LogP contribution >= 0.6 is 24.4 Å². The van der Waals surface area contributed by atoms with E-state index < -0.39 is 62.0 Å². The summed E-state index contributed by atoms with van der Waals surface area (Å²) in [6.45, 7) is 3.64. The number of rotatable bonds is 18. The molecule has 0 amide bonds. The van der Waals surface area contributed by atoms with Gasteiger partial charge in [-0.05, 0) is 12.8 Å². The third kappa shape index (κ3) is 18.8. The van der Waals surface area contributed by atoms with Gasteiger partial charge in [0.2, 0.25) is 0 Å². The van der Waals surface area contributed by atoms with Crippen LogP contribution in [0.5, 0.6) is 0 Å². The molecule has 0 rings (SSSR count). The minimum atomic E-state index is -1.63. The monoisotopic (exact) mass is 738 g/mol. The van der Waals surface area contributed by atoms with Crippen LogP contribution in [-0.4, -0.2) is 158 Å². The van der Waals surface area contributed by atoms with Crippen LogP contribution < -0.4 is 0 Å². The molecule has 228 valence electrons. The smallest absolute Gasteiger partial charge is 0.411 e. The van der Waals surface area contributed by atoms with E-state index in [1.54, 1.807) is 9.80 Å². The topological polar surface area (TPSA) is 209 Å². The van der Waals surface area contributed by atoms with Crippen LogP contribution in [0, 0.1) is 0 Å². The fraction of sp³-hybridized carbons (Fsp3) is 0.909. The van der Waals surface area contributed by atoms with E-state index in [4.69, 9.17) is 59.9 Å². The summed E-state index contributed by atoms with van der Waals surface area (Å²) in [4.78, 5) is 3.11. The molecule has 0 aromatic heterocycles. The summed E-state index contributed by atoms with van der Waals surface area (Å²) in [7, 11) is 0. The molecule has 8 unspecified atom stereocenters. The molecule has 0 radical (unpaired) electrons. The molecule has 10 N–H and O–H groups in total. The van der Waals surface area contributed by atoms with Crippen LogP contribution in [-0.2, 0) is 52.6 Å². The van der Waals surface area contributed by atoms with Gasteiger partial charge in [0.05, 0.1) is 25.4 Å².